The van der Waals surface area contributed by atoms with E-state index in [0.717, 1.165) is 0 Å². The third-order valence-corrected chi connectivity index (χ3v) is 5.52. The molecule has 30 heavy (non-hydrogen) atoms. The van der Waals surface area contributed by atoms with Crippen LogP contribution in [0.5, 0.6) is 0 Å². The van der Waals surface area contributed by atoms with Gasteiger partial charge in [-0.25, -0.2) is 9.18 Å². The molecule has 0 unspecified atom stereocenters. The minimum atomic E-state index is -0.692. The number of anilines is 1. The molecule has 0 fully saturated rings. The van der Waals surface area contributed by atoms with Crippen molar-refractivity contribution in [3.05, 3.63) is 69.6 Å². The first kappa shape index (κ1) is 20.2. The minimum Gasteiger partial charge on any atom is -0.365 e. The fourth-order valence-electron chi connectivity index (χ4n) is 3.36. The summed E-state index contributed by atoms with van der Waals surface area (Å²) in [6.07, 6.45) is 0. The maximum absolute atomic E-state index is 13.7. The van der Waals surface area contributed by atoms with E-state index in [1.807, 2.05) is 0 Å². The van der Waals surface area contributed by atoms with Crippen LogP contribution in [0.15, 0.2) is 42.5 Å². The van der Waals surface area contributed by atoms with Crippen molar-refractivity contribution in [3.8, 4) is 11.3 Å². The van der Waals surface area contributed by atoms with Crippen LogP contribution < -0.4 is 11.1 Å². The zero-order valence-corrected chi connectivity index (χ0v) is 17.0. The van der Waals surface area contributed by atoms with E-state index in [0.29, 0.717) is 45.8 Å². The SMILES string of the molecule is NC(=O)c1c(-c2cccc(F)c2)nn2c1CN(C(=O)Nc1ccc(Cl)c(Cl)c1)CC2. The Morgan fingerprint density at radius 3 is 2.60 bits per heavy atom. The molecule has 3 aromatic rings. The molecule has 2 heterocycles. The second kappa shape index (κ2) is 7.97. The normalized spacial score (nSPS) is 13.1. The van der Waals surface area contributed by atoms with Gasteiger partial charge in [0.2, 0.25) is 0 Å². The van der Waals surface area contributed by atoms with Crippen molar-refractivity contribution in [2.75, 3.05) is 11.9 Å². The molecule has 0 saturated heterocycles. The lowest BCUT2D eigenvalue weighted by molar-refractivity contribution is 0.0997. The fourth-order valence-corrected chi connectivity index (χ4v) is 3.66. The van der Waals surface area contributed by atoms with E-state index in [-0.39, 0.29) is 18.1 Å². The molecule has 1 aromatic heterocycles. The number of nitrogens with zero attached hydrogens (tertiary/aromatic N) is 3. The van der Waals surface area contributed by atoms with Crippen molar-refractivity contribution in [1.29, 1.82) is 0 Å². The first-order valence-corrected chi connectivity index (χ1v) is 9.75. The van der Waals surface area contributed by atoms with Crippen LogP contribution in [0.25, 0.3) is 11.3 Å². The van der Waals surface area contributed by atoms with Gasteiger partial charge in [0.15, 0.2) is 0 Å². The molecule has 1 aliphatic rings. The molecule has 3 amide bonds. The lowest BCUT2D eigenvalue weighted by Gasteiger charge is -2.28. The van der Waals surface area contributed by atoms with E-state index in [2.05, 4.69) is 10.4 Å². The Balaban J connectivity index is 1.62. The van der Waals surface area contributed by atoms with Gasteiger partial charge >= 0.3 is 6.03 Å². The van der Waals surface area contributed by atoms with Crippen molar-refractivity contribution in [2.45, 2.75) is 13.1 Å². The van der Waals surface area contributed by atoms with E-state index < -0.39 is 11.7 Å². The highest BCUT2D eigenvalue weighted by atomic mass is 35.5. The van der Waals surface area contributed by atoms with Gasteiger partial charge in [0, 0.05) is 17.8 Å². The van der Waals surface area contributed by atoms with Gasteiger partial charge in [0.25, 0.3) is 5.91 Å². The number of carbonyl (C=O) groups excluding carboxylic acids is 2. The Bertz CT molecular complexity index is 1160. The Morgan fingerprint density at radius 2 is 1.90 bits per heavy atom. The van der Waals surface area contributed by atoms with Crippen LogP contribution in [-0.2, 0) is 13.1 Å². The van der Waals surface area contributed by atoms with Crippen LogP contribution in [-0.4, -0.2) is 33.2 Å². The summed E-state index contributed by atoms with van der Waals surface area (Å²) in [5.74, 6) is -1.14. The Morgan fingerprint density at radius 1 is 1.10 bits per heavy atom. The van der Waals surface area contributed by atoms with Crippen molar-refractivity contribution < 1.29 is 14.0 Å². The summed E-state index contributed by atoms with van der Waals surface area (Å²) in [5, 5.41) is 7.90. The molecule has 3 N–H and O–H groups in total. The number of amides is 3. The second-order valence-corrected chi connectivity index (χ2v) is 7.56. The summed E-state index contributed by atoms with van der Waals surface area (Å²) in [7, 11) is 0. The molecular formula is C20H16Cl2FN5O2. The third-order valence-electron chi connectivity index (χ3n) is 4.78. The highest BCUT2D eigenvalue weighted by Crippen LogP contribution is 2.29. The number of carbonyl (C=O) groups is 2. The first-order chi connectivity index (χ1) is 14.3. The summed E-state index contributed by atoms with van der Waals surface area (Å²) < 4.78 is 15.3. The predicted molar refractivity (Wildman–Crippen MR) is 112 cm³/mol. The van der Waals surface area contributed by atoms with Gasteiger partial charge in [-0.05, 0) is 30.3 Å². The summed E-state index contributed by atoms with van der Waals surface area (Å²) in [5.41, 5.74) is 7.50. The van der Waals surface area contributed by atoms with Gasteiger partial charge in [-0.2, -0.15) is 5.10 Å². The van der Waals surface area contributed by atoms with Crippen LogP contribution in [0.1, 0.15) is 16.1 Å². The molecule has 1 aliphatic heterocycles. The van der Waals surface area contributed by atoms with Gasteiger partial charge in [0.05, 0.1) is 34.4 Å². The molecule has 2 aromatic carbocycles. The Labute approximate surface area is 181 Å². The molecule has 7 nitrogen and oxygen atoms in total. The highest BCUT2D eigenvalue weighted by Gasteiger charge is 2.29. The molecule has 0 saturated carbocycles. The number of benzene rings is 2. The molecule has 10 heteroatoms. The number of aromatic nitrogens is 2. The quantitative estimate of drug-likeness (QED) is 0.631. The van der Waals surface area contributed by atoms with Crippen molar-refractivity contribution in [2.24, 2.45) is 5.73 Å². The minimum absolute atomic E-state index is 0.119. The van der Waals surface area contributed by atoms with Crippen molar-refractivity contribution in [3.63, 3.8) is 0 Å². The number of hydrogen-bond acceptors (Lipinski definition) is 3. The third kappa shape index (κ3) is 3.83. The van der Waals surface area contributed by atoms with Gasteiger partial charge in [-0.15, -0.1) is 0 Å². The average molecular weight is 448 g/mol. The number of nitrogens with one attached hydrogen (secondary N) is 1. The number of fused-ring (bicyclic) bond motifs is 1. The number of rotatable bonds is 3. The lowest BCUT2D eigenvalue weighted by Crippen LogP contribution is -2.41. The fraction of sp³-hybridized carbons (Fsp3) is 0.150. The summed E-state index contributed by atoms with van der Waals surface area (Å²) in [4.78, 5) is 26.4. The summed E-state index contributed by atoms with van der Waals surface area (Å²) >= 11 is 11.9. The molecule has 0 aliphatic carbocycles. The smallest absolute Gasteiger partial charge is 0.322 e. The second-order valence-electron chi connectivity index (χ2n) is 6.75. The van der Waals surface area contributed by atoms with Crippen molar-refractivity contribution in [1.82, 2.24) is 14.7 Å². The molecule has 0 spiro atoms. The number of urea groups is 1. The van der Waals surface area contributed by atoms with E-state index in [1.54, 1.807) is 28.9 Å². The monoisotopic (exact) mass is 447 g/mol. The van der Waals surface area contributed by atoms with Gasteiger partial charge in [-0.3, -0.25) is 9.48 Å². The Kier molecular flexibility index (Phi) is 5.36. The van der Waals surface area contributed by atoms with Crippen LogP contribution in [0, 0.1) is 5.82 Å². The number of nitrogens with two attached hydrogens (primary N) is 1. The number of primary amides is 1. The zero-order chi connectivity index (χ0) is 21.4. The topological polar surface area (TPSA) is 93.2 Å². The largest absolute Gasteiger partial charge is 0.365 e. The molecule has 4 rings (SSSR count). The lowest BCUT2D eigenvalue weighted by atomic mass is 10.0. The number of hydrogen-bond donors (Lipinski definition) is 2. The first-order valence-electron chi connectivity index (χ1n) is 9.00. The maximum Gasteiger partial charge on any atom is 0.322 e. The van der Waals surface area contributed by atoms with Gasteiger partial charge in [0.1, 0.15) is 11.5 Å². The summed E-state index contributed by atoms with van der Waals surface area (Å²) in [6, 6.07) is 10.2. The van der Waals surface area contributed by atoms with Crippen LogP contribution in [0.4, 0.5) is 14.9 Å². The maximum atomic E-state index is 13.7. The molecular weight excluding hydrogens is 432 g/mol. The molecule has 0 atom stereocenters. The summed E-state index contributed by atoms with van der Waals surface area (Å²) in [6.45, 7) is 0.843. The standard InChI is InChI=1S/C20H16Cl2FN5O2/c21-14-5-4-13(9-15(14)22)25-20(30)27-6-7-28-16(10-27)17(19(24)29)18(26-28)11-2-1-3-12(23)8-11/h1-5,8-9H,6-7,10H2,(H2,24,29)(H,25,30). The van der Waals surface area contributed by atoms with E-state index in [4.69, 9.17) is 28.9 Å². The van der Waals surface area contributed by atoms with Crippen LogP contribution >= 0.6 is 23.2 Å². The van der Waals surface area contributed by atoms with Crippen molar-refractivity contribution >= 4 is 40.8 Å². The predicted octanol–water partition coefficient (Wildman–Crippen LogP) is 4.14. The van der Waals surface area contributed by atoms with Gasteiger partial charge < -0.3 is 16.0 Å². The van der Waals surface area contributed by atoms with Crippen LogP contribution in [0.3, 0.4) is 0 Å². The zero-order valence-electron chi connectivity index (χ0n) is 15.5. The molecule has 154 valence electrons. The van der Waals surface area contributed by atoms with E-state index in [9.17, 15) is 14.0 Å². The average Bonchev–Trinajstić information content (AvgIpc) is 3.10. The van der Waals surface area contributed by atoms with E-state index >= 15 is 0 Å². The van der Waals surface area contributed by atoms with Gasteiger partial charge in [-0.1, -0.05) is 35.3 Å². The van der Waals surface area contributed by atoms with Crippen LogP contribution in [0.2, 0.25) is 10.0 Å². The van der Waals surface area contributed by atoms with E-state index in [1.165, 1.54) is 23.1 Å². The molecule has 0 bridgehead atoms. The Hall–Kier alpha value is -3.10. The highest BCUT2D eigenvalue weighted by molar-refractivity contribution is 6.42. The number of halogens is 3. The molecule has 0 radical (unpaired) electrons.